The number of fused-ring (bicyclic) bond motifs is 2. The van der Waals surface area contributed by atoms with E-state index in [1.165, 1.54) is 0 Å². The van der Waals surface area contributed by atoms with E-state index in [0.29, 0.717) is 63.8 Å². The minimum atomic E-state index is -3.02. The van der Waals surface area contributed by atoms with Gasteiger partial charge in [0.1, 0.15) is 0 Å². The Kier molecular flexibility index (Phi) is 11.5. The van der Waals surface area contributed by atoms with Gasteiger partial charge in [-0.3, -0.25) is 19.1 Å². The minimum absolute atomic E-state index is 0.132. The van der Waals surface area contributed by atoms with E-state index in [-0.39, 0.29) is 42.3 Å². The molecule has 3 heterocycles. The minimum Gasteiger partial charge on any atom is -0.432 e. The molecule has 2 aliphatic heterocycles. The first kappa shape index (κ1) is 42.1. The zero-order chi connectivity index (χ0) is 43.8. The summed E-state index contributed by atoms with van der Waals surface area (Å²) in [5.74, 6) is -1.70. The summed E-state index contributed by atoms with van der Waals surface area (Å²) in [6, 6.07) is 35.6. The number of aliphatic hydroxyl groups is 1. The summed E-state index contributed by atoms with van der Waals surface area (Å²) in [5, 5.41) is 24.9. The maximum absolute atomic E-state index is 15.2. The molecule has 1 spiro atoms. The lowest BCUT2D eigenvalue weighted by atomic mass is 9.82. The van der Waals surface area contributed by atoms with E-state index in [1.807, 2.05) is 80.8 Å². The number of nitrogen functional groups attached to an aromatic ring is 2. The van der Waals surface area contributed by atoms with Gasteiger partial charge in [-0.2, -0.15) is 0 Å². The number of nitrogens with one attached hydrogen (secondary N) is 2. The van der Waals surface area contributed by atoms with E-state index in [2.05, 4.69) is 20.9 Å². The Bertz CT molecular complexity index is 2580. The van der Waals surface area contributed by atoms with E-state index in [0.717, 1.165) is 11.1 Å². The highest BCUT2D eigenvalue weighted by Gasteiger charge is 2.66. The number of carbonyl (C=O) groups is 3. The molecule has 1 aromatic heterocycles. The molecule has 1 fully saturated rings. The number of nitrogens with zero attached hydrogens (tertiary/aromatic N) is 4. The second kappa shape index (κ2) is 17.0. The summed E-state index contributed by atoms with van der Waals surface area (Å²) in [4.78, 5) is 55.2. The fourth-order valence-corrected chi connectivity index (χ4v) is 11.6. The van der Waals surface area contributed by atoms with Crippen molar-refractivity contribution < 1.29 is 29.0 Å². The predicted octanol–water partition coefficient (Wildman–Crippen LogP) is 6.51. The summed E-state index contributed by atoms with van der Waals surface area (Å²) in [6.45, 7) is 6.16. The summed E-state index contributed by atoms with van der Waals surface area (Å²) in [7, 11) is -3.02. The van der Waals surface area contributed by atoms with Gasteiger partial charge in [-0.25, -0.2) is 0 Å². The van der Waals surface area contributed by atoms with E-state index in [9.17, 15) is 19.5 Å². The zero-order valence-electron chi connectivity index (χ0n) is 34.7. The topological polar surface area (TPSA) is 211 Å². The molecule has 14 nitrogen and oxygen atoms in total. The van der Waals surface area contributed by atoms with Crippen LogP contribution in [0, 0.1) is 5.92 Å². The molecular formula is C47H50N8O6Si. The Balaban J connectivity index is 1.09. The number of aryl methyl sites for hydroxylation is 1. The van der Waals surface area contributed by atoms with E-state index in [1.54, 1.807) is 76.3 Å². The Morgan fingerprint density at radius 1 is 0.855 bits per heavy atom. The molecule has 5 aromatic carbocycles. The zero-order valence-corrected chi connectivity index (χ0v) is 35.7. The first-order valence-corrected chi connectivity index (χ1v) is 23.6. The van der Waals surface area contributed by atoms with Gasteiger partial charge in [-0.15, -0.1) is 5.10 Å². The van der Waals surface area contributed by atoms with Crippen molar-refractivity contribution in [1.82, 2.24) is 15.0 Å². The largest absolute Gasteiger partial charge is 0.432 e. The molecule has 318 valence electrons. The van der Waals surface area contributed by atoms with E-state index >= 15 is 4.79 Å². The number of ether oxygens (including phenoxy) is 1. The number of anilines is 5. The fourth-order valence-electron chi connectivity index (χ4n) is 9.03. The van der Waals surface area contributed by atoms with Gasteiger partial charge in [0, 0.05) is 63.6 Å². The smallest absolute Gasteiger partial charge is 0.264 e. The fraction of sp³-hybridized carbons (Fsp3) is 0.255. The van der Waals surface area contributed by atoms with Gasteiger partial charge in [-0.1, -0.05) is 54.6 Å². The number of aliphatic hydroxyl groups excluding tert-OH is 1. The van der Waals surface area contributed by atoms with Crippen molar-refractivity contribution in [3.8, 4) is 0 Å². The third kappa shape index (κ3) is 8.22. The summed E-state index contributed by atoms with van der Waals surface area (Å²) >= 11 is 0. The molecule has 3 amide bonds. The standard InChI is InChI=1S/C47H50N8O6Si/c1-29-43(62(2,3)60)42(23-24-54-27-40(52-53-54)38(28-56)31-7-5-4-6-8-31)61-47(29)39-25-37(51-45(58)33-13-17-35(49)18-14-33)21-22-41(39)55(46(47)59)26-30-9-19-36(20-10-30)50-44(57)32-11-15-34(48)16-12-32/h4-22,25,27,29,38,42-43,56,60H,23-24,26,28,48-49H2,1-3H3,(H,50,57)(H,51,58)/t29-,38?,42+,43-,47+/m1/s1. The van der Waals surface area contributed by atoms with Crippen molar-refractivity contribution in [2.45, 2.75) is 62.7 Å². The molecule has 0 bridgehead atoms. The van der Waals surface area contributed by atoms with Crippen molar-refractivity contribution in [2.75, 3.05) is 33.6 Å². The molecule has 0 saturated carbocycles. The number of hydrogen-bond donors (Lipinski definition) is 6. The van der Waals surface area contributed by atoms with Crippen LogP contribution in [-0.4, -0.2) is 63.6 Å². The normalized spacial score (nSPS) is 20.0. The Morgan fingerprint density at radius 2 is 1.45 bits per heavy atom. The van der Waals surface area contributed by atoms with E-state index in [4.69, 9.17) is 16.2 Å². The lowest BCUT2D eigenvalue weighted by molar-refractivity contribution is -0.146. The highest BCUT2D eigenvalue weighted by atomic mass is 28.4. The third-order valence-electron chi connectivity index (χ3n) is 12.1. The highest BCUT2D eigenvalue weighted by Crippen LogP contribution is 2.60. The molecule has 0 radical (unpaired) electrons. The van der Waals surface area contributed by atoms with Crippen molar-refractivity contribution in [1.29, 1.82) is 0 Å². The maximum Gasteiger partial charge on any atom is 0.264 e. The van der Waals surface area contributed by atoms with Gasteiger partial charge in [0.25, 0.3) is 17.7 Å². The van der Waals surface area contributed by atoms with Crippen molar-refractivity contribution in [3.63, 3.8) is 0 Å². The van der Waals surface area contributed by atoms with Gasteiger partial charge in [0.2, 0.25) is 0 Å². The van der Waals surface area contributed by atoms with Crippen LogP contribution in [0.5, 0.6) is 0 Å². The third-order valence-corrected chi connectivity index (χ3v) is 14.6. The van der Waals surface area contributed by atoms with Crippen LogP contribution < -0.4 is 27.0 Å². The monoisotopic (exact) mass is 850 g/mol. The van der Waals surface area contributed by atoms with Crippen molar-refractivity contribution in [3.05, 3.63) is 161 Å². The SMILES string of the molecule is C[C@@H]1[C@@H]([Si](C)(C)O)[C@H](CCn2cc(C(CO)c3ccccc3)nn2)O[C@@]12C(=O)N(Cc1ccc(NC(=O)c3ccc(N)cc3)cc1)c1ccc(NC(=O)c3ccc(N)cc3)cc12. The van der Waals surface area contributed by atoms with Crippen molar-refractivity contribution >= 4 is 54.5 Å². The molecule has 6 aromatic rings. The molecule has 8 rings (SSSR count). The lowest BCUT2D eigenvalue weighted by Crippen LogP contribution is -2.46. The first-order valence-electron chi connectivity index (χ1n) is 20.6. The van der Waals surface area contributed by atoms with Gasteiger partial charge in [-0.05, 0) is 110 Å². The molecule has 8 N–H and O–H groups in total. The lowest BCUT2D eigenvalue weighted by Gasteiger charge is -2.32. The van der Waals surface area contributed by atoms with Crippen LogP contribution in [0.4, 0.5) is 28.4 Å². The van der Waals surface area contributed by atoms with Crippen LogP contribution in [0.15, 0.2) is 128 Å². The average Bonchev–Trinajstić information content (AvgIpc) is 3.91. The number of benzene rings is 5. The highest BCUT2D eigenvalue weighted by molar-refractivity contribution is 6.71. The quantitative estimate of drug-likeness (QED) is 0.0548. The van der Waals surface area contributed by atoms with Crippen LogP contribution in [-0.2, 0) is 28.2 Å². The maximum atomic E-state index is 15.2. The summed E-state index contributed by atoms with van der Waals surface area (Å²) < 4.78 is 8.82. The van der Waals surface area contributed by atoms with Gasteiger partial charge in [0.15, 0.2) is 13.9 Å². The van der Waals surface area contributed by atoms with E-state index < -0.39 is 25.9 Å². The molecule has 5 atom stereocenters. The van der Waals surface area contributed by atoms with Crippen LogP contribution in [0.25, 0.3) is 0 Å². The van der Waals surface area contributed by atoms with Gasteiger partial charge >= 0.3 is 0 Å². The van der Waals surface area contributed by atoms with Gasteiger partial charge in [0.05, 0.1) is 36.6 Å². The van der Waals surface area contributed by atoms with Crippen molar-refractivity contribution in [2.24, 2.45) is 5.92 Å². The average molecular weight is 851 g/mol. The molecule has 1 unspecified atom stereocenters. The summed E-state index contributed by atoms with van der Waals surface area (Å²) in [5.41, 5.74) is 16.4. The molecular weight excluding hydrogens is 801 g/mol. The molecule has 0 aliphatic carbocycles. The number of aromatic nitrogens is 3. The molecule has 15 heteroatoms. The number of carbonyl (C=O) groups excluding carboxylic acids is 3. The van der Waals surface area contributed by atoms with Crippen LogP contribution in [0.1, 0.15) is 62.4 Å². The van der Waals surface area contributed by atoms with Gasteiger partial charge < -0.3 is 41.6 Å². The second-order valence-electron chi connectivity index (χ2n) is 16.7. The molecule has 62 heavy (non-hydrogen) atoms. The first-order chi connectivity index (χ1) is 29.7. The molecule has 2 aliphatic rings. The predicted molar refractivity (Wildman–Crippen MR) is 241 cm³/mol. The second-order valence-corrected chi connectivity index (χ2v) is 20.6. The Morgan fingerprint density at radius 3 is 2.05 bits per heavy atom. The number of nitrogens with two attached hydrogens (primary N) is 2. The number of amides is 3. The Labute approximate surface area is 360 Å². The van der Waals surface area contributed by atoms with Crippen LogP contribution in [0.3, 0.4) is 0 Å². The van der Waals surface area contributed by atoms with Crippen LogP contribution >= 0.6 is 0 Å². The Hall–Kier alpha value is -6.65. The molecule has 1 saturated heterocycles. The number of rotatable bonds is 13. The number of hydrogen-bond acceptors (Lipinski definition) is 10. The van der Waals surface area contributed by atoms with Crippen LogP contribution in [0.2, 0.25) is 18.6 Å². The summed E-state index contributed by atoms with van der Waals surface area (Å²) in [6.07, 6.45) is 1.70.